The van der Waals surface area contributed by atoms with Crippen molar-refractivity contribution in [3.05, 3.63) is 128 Å². The smallest absolute Gasteiger partial charge is 0.294 e. The number of rotatable bonds is 8. The molecule has 7 nitrogen and oxygen atoms in total. The van der Waals surface area contributed by atoms with E-state index in [-0.39, 0.29) is 24.7 Å². The quantitative estimate of drug-likeness (QED) is 0.333. The lowest BCUT2D eigenvalue weighted by atomic mass is 10.1. The van der Waals surface area contributed by atoms with Crippen LogP contribution in [0.2, 0.25) is 5.02 Å². The predicted molar refractivity (Wildman–Crippen MR) is 133 cm³/mol. The molecule has 1 unspecified atom stereocenters. The molecule has 1 aromatic heterocycles. The van der Waals surface area contributed by atoms with Crippen molar-refractivity contribution in [2.45, 2.75) is 26.2 Å². The van der Waals surface area contributed by atoms with Gasteiger partial charge in [-0.05, 0) is 35.2 Å². The lowest BCUT2D eigenvalue weighted by Crippen LogP contribution is -2.28. The molecule has 0 saturated heterocycles. The van der Waals surface area contributed by atoms with Gasteiger partial charge >= 0.3 is 0 Å². The highest BCUT2D eigenvalue weighted by Crippen LogP contribution is 2.25. The second kappa shape index (κ2) is 11.0. The van der Waals surface area contributed by atoms with E-state index < -0.39 is 23.3 Å². The first-order valence-corrected chi connectivity index (χ1v) is 11.4. The normalized spacial score (nSPS) is 11.7. The highest BCUT2D eigenvalue weighted by atomic mass is 35.5. The number of hydrogen-bond donors (Lipinski definition) is 3. The second-order valence-electron chi connectivity index (χ2n) is 8.00. The SMILES string of the molecule is Cc1ccc(CNC(=O)c2nc(C(OCc3ccccc3)c3ccccc3)[nH]c(=O)c2O)cc1Cl. The monoisotopic (exact) mass is 489 g/mol. The van der Waals surface area contributed by atoms with Crippen molar-refractivity contribution < 1.29 is 14.6 Å². The Bertz CT molecular complexity index is 1370. The standard InChI is InChI=1S/C27H24ClN3O4/c1-17-12-13-19(14-21(17)28)15-29-26(33)22-23(32)27(34)31-25(30-22)24(20-10-6-3-7-11-20)35-16-18-8-4-2-5-9-18/h2-14,24,32H,15-16H2,1H3,(H,29,33)(H,30,31,34). The highest BCUT2D eigenvalue weighted by molar-refractivity contribution is 6.31. The Kier molecular flexibility index (Phi) is 7.60. The van der Waals surface area contributed by atoms with Gasteiger partial charge < -0.3 is 20.1 Å². The summed E-state index contributed by atoms with van der Waals surface area (Å²) < 4.78 is 6.12. The van der Waals surface area contributed by atoms with Gasteiger partial charge in [-0.15, -0.1) is 0 Å². The van der Waals surface area contributed by atoms with E-state index in [2.05, 4.69) is 15.3 Å². The first-order valence-electron chi connectivity index (χ1n) is 11.0. The number of H-pyrrole nitrogens is 1. The van der Waals surface area contributed by atoms with Gasteiger partial charge in [0.25, 0.3) is 11.5 Å². The highest BCUT2D eigenvalue weighted by Gasteiger charge is 2.24. The van der Waals surface area contributed by atoms with E-state index in [1.54, 1.807) is 6.07 Å². The van der Waals surface area contributed by atoms with Gasteiger partial charge in [0.1, 0.15) is 11.9 Å². The van der Waals surface area contributed by atoms with Crippen LogP contribution in [0.4, 0.5) is 0 Å². The summed E-state index contributed by atoms with van der Waals surface area (Å²) in [5, 5.41) is 13.6. The molecule has 35 heavy (non-hydrogen) atoms. The number of aromatic nitrogens is 2. The third-order valence-corrected chi connectivity index (χ3v) is 5.83. The van der Waals surface area contributed by atoms with Crippen molar-refractivity contribution in [3.8, 4) is 5.75 Å². The number of hydrogen-bond acceptors (Lipinski definition) is 5. The fourth-order valence-electron chi connectivity index (χ4n) is 3.49. The number of amides is 1. The molecule has 3 aromatic carbocycles. The Morgan fingerprint density at radius 2 is 1.74 bits per heavy atom. The minimum absolute atomic E-state index is 0.110. The summed E-state index contributed by atoms with van der Waals surface area (Å²) in [6, 6.07) is 24.2. The maximum absolute atomic E-state index is 12.9. The Hall–Kier alpha value is -3.94. The molecule has 8 heteroatoms. The van der Waals surface area contributed by atoms with E-state index in [4.69, 9.17) is 16.3 Å². The van der Waals surface area contributed by atoms with E-state index in [1.165, 1.54) is 0 Å². The van der Waals surface area contributed by atoms with E-state index in [0.29, 0.717) is 5.02 Å². The Labute approximate surface area is 207 Å². The van der Waals surface area contributed by atoms with Crippen LogP contribution >= 0.6 is 11.6 Å². The van der Waals surface area contributed by atoms with Crippen LogP contribution < -0.4 is 10.9 Å². The molecule has 4 aromatic rings. The summed E-state index contributed by atoms with van der Waals surface area (Å²) in [5.41, 5.74) is 2.14. The van der Waals surface area contributed by atoms with Crippen LogP contribution in [0.1, 0.15) is 44.7 Å². The summed E-state index contributed by atoms with van der Waals surface area (Å²) in [7, 11) is 0. The first-order chi connectivity index (χ1) is 16.9. The van der Waals surface area contributed by atoms with Gasteiger partial charge in [0.05, 0.1) is 6.61 Å². The number of ether oxygens (including phenoxy) is 1. The van der Waals surface area contributed by atoms with Crippen molar-refractivity contribution in [1.82, 2.24) is 15.3 Å². The van der Waals surface area contributed by atoms with Crippen LogP contribution in [0.5, 0.6) is 5.75 Å². The summed E-state index contributed by atoms with van der Waals surface area (Å²) in [4.78, 5) is 32.3. The molecule has 4 rings (SSSR count). The molecule has 0 radical (unpaired) electrons. The molecule has 178 valence electrons. The molecular weight excluding hydrogens is 466 g/mol. The number of nitrogens with one attached hydrogen (secondary N) is 2. The average molecular weight is 490 g/mol. The zero-order valence-electron chi connectivity index (χ0n) is 19.0. The summed E-state index contributed by atoms with van der Waals surface area (Å²) >= 11 is 6.16. The molecule has 0 aliphatic carbocycles. The van der Waals surface area contributed by atoms with E-state index in [1.807, 2.05) is 79.7 Å². The molecule has 1 atom stereocenters. The van der Waals surface area contributed by atoms with Gasteiger partial charge in [-0.25, -0.2) is 4.98 Å². The zero-order chi connectivity index (χ0) is 24.8. The summed E-state index contributed by atoms with van der Waals surface area (Å²) in [6.07, 6.45) is -0.771. The molecule has 0 spiro atoms. The lowest BCUT2D eigenvalue weighted by molar-refractivity contribution is 0.0604. The summed E-state index contributed by atoms with van der Waals surface area (Å²) in [5.74, 6) is -1.34. The number of halogens is 1. The number of aromatic hydroxyl groups is 1. The number of benzene rings is 3. The number of nitrogens with zero attached hydrogens (tertiary/aromatic N) is 1. The number of carbonyl (C=O) groups is 1. The molecule has 0 fully saturated rings. The van der Waals surface area contributed by atoms with E-state index >= 15 is 0 Å². The van der Waals surface area contributed by atoms with Crippen molar-refractivity contribution >= 4 is 17.5 Å². The number of aromatic amines is 1. The Morgan fingerprint density at radius 1 is 1.06 bits per heavy atom. The molecule has 0 aliphatic rings. The maximum atomic E-state index is 12.9. The van der Waals surface area contributed by atoms with Crippen LogP contribution in [0, 0.1) is 6.92 Å². The van der Waals surface area contributed by atoms with Gasteiger partial charge in [-0.3, -0.25) is 9.59 Å². The fourth-order valence-corrected chi connectivity index (χ4v) is 3.70. The van der Waals surface area contributed by atoms with Crippen LogP contribution in [-0.4, -0.2) is 21.0 Å². The minimum Gasteiger partial charge on any atom is -0.501 e. The van der Waals surface area contributed by atoms with Gasteiger partial charge in [-0.2, -0.15) is 0 Å². The summed E-state index contributed by atoms with van der Waals surface area (Å²) in [6.45, 7) is 2.28. The van der Waals surface area contributed by atoms with Gasteiger partial charge in [0.2, 0.25) is 5.75 Å². The molecule has 0 saturated carbocycles. The molecule has 1 heterocycles. The lowest BCUT2D eigenvalue weighted by Gasteiger charge is -2.19. The van der Waals surface area contributed by atoms with Gasteiger partial charge in [0, 0.05) is 11.6 Å². The Morgan fingerprint density at radius 3 is 2.43 bits per heavy atom. The molecule has 3 N–H and O–H groups in total. The van der Waals surface area contributed by atoms with Crippen molar-refractivity contribution in [2.75, 3.05) is 0 Å². The maximum Gasteiger partial charge on any atom is 0.294 e. The van der Waals surface area contributed by atoms with Gasteiger partial charge in [0.15, 0.2) is 5.69 Å². The van der Waals surface area contributed by atoms with E-state index in [0.717, 1.165) is 22.3 Å². The van der Waals surface area contributed by atoms with Gasteiger partial charge in [-0.1, -0.05) is 84.4 Å². The first kappa shape index (κ1) is 24.2. The van der Waals surface area contributed by atoms with Crippen molar-refractivity contribution in [2.24, 2.45) is 0 Å². The Balaban J connectivity index is 1.61. The zero-order valence-corrected chi connectivity index (χ0v) is 19.8. The van der Waals surface area contributed by atoms with Crippen LogP contribution in [0.25, 0.3) is 0 Å². The third kappa shape index (κ3) is 5.95. The van der Waals surface area contributed by atoms with Crippen molar-refractivity contribution in [3.63, 3.8) is 0 Å². The minimum atomic E-state index is -0.831. The fraction of sp³-hybridized carbons (Fsp3) is 0.148. The average Bonchev–Trinajstić information content (AvgIpc) is 2.88. The predicted octanol–water partition coefficient (Wildman–Crippen LogP) is 4.67. The van der Waals surface area contributed by atoms with Crippen LogP contribution in [-0.2, 0) is 17.9 Å². The van der Waals surface area contributed by atoms with E-state index in [9.17, 15) is 14.7 Å². The molecule has 1 amide bonds. The van der Waals surface area contributed by atoms with Crippen molar-refractivity contribution in [1.29, 1.82) is 0 Å². The number of carbonyl (C=O) groups excluding carboxylic acids is 1. The largest absolute Gasteiger partial charge is 0.501 e. The molecule has 0 bridgehead atoms. The topological polar surface area (TPSA) is 104 Å². The molecular formula is C27H24ClN3O4. The second-order valence-corrected chi connectivity index (χ2v) is 8.41. The van der Waals surface area contributed by atoms with Crippen LogP contribution in [0.15, 0.2) is 83.7 Å². The van der Waals surface area contributed by atoms with Crippen LogP contribution in [0.3, 0.4) is 0 Å². The number of aryl methyl sites for hydroxylation is 1. The third-order valence-electron chi connectivity index (χ3n) is 5.43. The molecule has 0 aliphatic heterocycles.